The summed E-state index contributed by atoms with van der Waals surface area (Å²) in [5.41, 5.74) is 2.55. The van der Waals surface area contributed by atoms with Gasteiger partial charge in [0, 0.05) is 57.6 Å². The molecular weight excluding hydrogens is 412 g/mol. The van der Waals surface area contributed by atoms with Crippen LogP contribution in [0.25, 0.3) is 10.2 Å². The van der Waals surface area contributed by atoms with E-state index >= 15 is 0 Å². The second-order valence-corrected chi connectivity index (χ2v) is 8.69. The summed E-state index contributed by atoms with van der Waals surface area (Å²) in [5.74, 6) is 0.722. The van der Waals surface area contributed by atoms with Crippen molar-refractivity contribution in [2.75, 3.05) is 70.4 Å². The third-order valence-corrected chi connectivity index (χ3v) is 6.49. The van der Waals surface area contributed by atoms with Crippen LogP contribution in [0.4, 0.5) is 10.8 Å². The quantitative estimate of drug-likeness (QED) is 0.562. The molecule has 31 heavy (non-hydrogen) atoms. The molecule has 0 saturated carbocycles. The van der Waals surface area contributed by atoms with Gasteiger partial charge in [0.15, 0.2) is 5.13 Å². The molecule has 1 aliphatic rings. The maximum Gasteiger partial charge on any atom is 0.260 e. The number of ether oxygens (including phenoxy) is 2. The number of carbonyl (C=O) groups is 1. The van der Waals surface area contributed by atoms with E-state index in [1.54, 1.807) is 12.0 Å². The smallest absolute Gasteiger partial charge is 0.260 e. The highest BCUT2D eigenvalue weighted by atomic mass is 32.1. The van der Waals surface area contributed by atoms with E-state index in [-0.39, 0.29) is 5.91 Å². The Morgan fingerprint density at radius 2 is 1.90 bits per heavy atom. The van der Waals surface area contributed by atoms with Gasteiger partial charge >= 0.3 is 0 Å². The van der Waals surface area contributed by atoms with Crippen molar-refractivity contribution in [1.82, 2.24) is 9.88 Å². The highest BCUT2D eigenvalue weighted by Gasteiger charge is 2.23. The van der Waals surface area contributed by atoms with E-state index in [1.807, 2.05) is 61.5 Å². The second kappa shape index (κ2) is 9.64. The minimum atomic E-state index is -0.0374. The Bertz CT molecular complexity index is 1030. The van der Waals surface area contributed by atoms with Gasteiger partial charge in [-0.25, -0.2) is 4.98 Å². The molecule has 1 amide bonds. The number of carbonyl (C=O) groups excluding carboxylic acids is 1. The molecule has 1 saturated heterocycles. The molecule has 8 heteroatoms. The van der Waals surface area contributed by atoms with Gasteiger partial charge in [0.1, 0.15) is 5.75 Å². The summed E-state index contributed by atoms with van der Waals surface area (Å²) in [6.07, 6.45) is 0. The van der Waals surface area contributed by atoms with Crippen LogP contribution in [0.5, 0.6) is 5.75 Å². The maximum absolute atomic E-state index is 13.5. The Kier molecular flexibility index (Phi) is 6.70. The summed E-state index contributed by atoms with van der Waals surface area (Å²) in [6, 6.07) is 13.5. The van der Waals surface area contributed by atoms with E-state index in [2.05, 4.69) is 4.90 Å². The van der Waals surface area contributed by atoms with E-state index in [0.29, 0.717) is 17.2 Å². The van der Waals surface area contributed by atoms with E-state index < -0.39 is 0 Å². The van der Waals surface area contributed by atoms with Crippen LogP contribution in [-0.2, 0) is 4.74 Å². The molecular formula is C23H28N4O3S. The lowest BCUT2D eigenvalue weighted by atomic mass is 10.1. The number of thiazole rings is 1. The van der Waals surface area contributed by atoms with Gasteiger partial charge in [-0.05, 0) is 36.4 Å². The number of morpholine rings is 1. The molecule has 0 aliphatic carbocycles. The average molecular weight is 441 g/mol. The topological polar surface area (TPSA) is 58.1 Å². The van der Waals surface area contributed by atoms with E-state index in [4.69, 9.17) is 14.5 Å². The van der Waals surface area contributed by atoms with Crippen molar-refractivity contribution in [3.63, 3.8) is 0 Å². The van der Waals surface area contributed by atoms with Crippen LogP contribution in [0.15, 0.2) is 42.5 Å². The van der Waals surface area contributed by atoms with Gasteiger partial charge in [-0.2, -0.15) is 0 Å². The standard InChI is InChI=1S/C23H28N4O3S/c1-25(2)18-6-4-17(5-7-18)22(28)27(11-10-26-12-14-30-15-13-26)23-24-20-16-19(29-3)8-9-21(20)31-23/h4-9,16H,10-15H2,1-3H3. The fraction of sp³-hybridized carbons (Fsp3) is 0.391. The predicted octanol–water partition coefficient (Wildman–Crippen LogP) is 3.35. The number of benzene rings is 2. The third-order valence-electron chi connectivity index (χ3n) is 5.43. The molecule has 1 fully saturated rings. The van der Waals surface area contributed by atoms with Crippen LogP contribution in [0.3, 0.4) is 0 Å². The molecule has 1 aliphatic heterocycles. The number of anilines is 2. The SMILES string of the molecule is COc1ccc2sc(N(CCN3CCOCC3)C(=O)c3ccc(N(C)C)cc3)nc2c1. The molecule has 0 atom stereocenters. The van der Waals surface area contributed by atoms with Crippen molar-refractivity contribution in [3.05, 3.63) is 48.0 Å². The first-order valence-electron chi connectivity index (χ1n) is 10.4. The molecule has 0 unspecified atom stereocenters. The molecule has 2 heterocycles. The number of hydrogen-bond donors (Lipinski definition) is 0. The summed E-state index contributed by atoms with van der Waals surface area (Å²) in [6.45, 7) is 4.60. The monoisotopic (exact) mass is 440 g/mol. The normalized spacial score (nSPS) is 14.5. The molecule has 4 rings (SSSR count). The fourth-order valence-corrected chi connectivity index (χ4v) is 4.52. The first kappa shape index (κ1) is 21.5. The van der Waals surface area contributed by atoms with Crippen LogP contribution in [-0.4, -0.2) is 76.4 Å². The van der Waals surface area contributed by atoms with Gasteiger partial charge in [0.25, 0.3) is 5.91 Å². The number of rotatable bonds is 7. The van der Waals surface area contributed by atoms with Gasteiger partial charge in [0.05, 0.1) is 30.5 Å². The van der Waals surface area contributed by atoms with Crippen LogP contribution in [0, 0.1) is 0 Å². The van der Waals surface area contributed by atoms with Crippen LogP contribution in [0.2, 0.25) is 0 Å². The van der Waals surface area contributed by atoms with E-state index in [9.17, 15) is 4.79 Å². The Hall–Kier alpha value is -2.68. The summed E-state index contributed by atoms with van der Waals surface area (Å²) in [4.78, 5) is 24.4. The molecule has 7 nitrogen and oxygen atoms in total. The van der Waals surface area contributed by atoms with Gasteiger partial charge in [-0.3, -0.25) is 14.6 Å². The van der Waals surface area contributed by atoms with Gasteiger partial charge in [-0.1, -0.05) is 11.3 Å². The highest BCUT2D eigenvalue weighted by Crippen LogP contribution is 2.32. The number of amides is 1. The molecule has 3 aromatic rings. The average Bonchev–Trinajstić information content (AvgIpc) is 3.22. The van der Waals surface area contributed by atoms with Crippen molar-refractivity contribution in [2.45, 2.75) is 0 Å². The zero-order chi connectivity index (χ0) is 21.8. The highest BCUT2D eigenvalue weighted by molar-refractivity contribution is 7.22. The molecule has 0 N–H and O–H groups in total. The van der Waals surface area contributed by atoms with Gasteiger partial charge < -0.3 is 14.4 Å². The zero-order valence-corrected chi connectivity index (χ0v) is 19.0. The van der Waals surface area contributed by atoms with Gasteiger partial charge in [-0.15, -0.1) is 0 Å². The van der Waals surface area contributed by atoms with E-state index in [0.717, 1.165) is 54.5 Å². The Labute approximate surface area is 186 Å². The minimum Gasteiger partial charge on any atom is -0.497 e. The predicted molar refractivity (Wildman–Crippen MR) is 126 cm³/mol. The number of nitrogens with zero attached hydrogens (tertiary/aromatic N) is 4. The van der Waals surface area contributed by atoms with Crippen molar-refractivity contribution in [2.24, 2.45) is 0 Å². The van der Waals surface area contributed by atoms with E-state index in [1.165, 1.54) is 11.3 Å². The summed E-state index contributed by atoms with van der Waals surface area (Å²) in [7, 11) is 5.62. The van der Waals surface area contributed by atoms with Crippen molar-refractivity contribution in [3.8, 4) is 5.75 Å². The van der Waals surface area contributed by atoms with Crippen molar-refractivity contribution in [1.29, 1.82) is 0 Å². The van der Waals surface area contributed by atoms with Crippen molar-refractivity contribution < 1.29 is 14.3 Å². The Morgan fingerprint density at radius 3 is 2.58 bits per heavy atom. The molecule has 1 aromatic heterocycles. The number of methoxy groups -OCH3 is 1. The summed E-state index contributed by atoms with van der Waals surface area (Å²) >= 11 is 1.53. The second-order valence-electron chi connectivity index (χ2n) is 7.68. The lowest BCUT2D eigenvalue weighted by Crippen LogP contribution is -2.43. The van der Waals surface area contributed by atoms with Crippen LogP contribution < -0.4 is 14.5 Å². The lowest BCUT2D eigenvalue weighted by Gasteiger charge is -2.29. The van der Waals surface area contributed by atoms with Crippen LogP contribution >= 0.6 is 11.3 Å². The molecule has 2 aromatic carbocycles. The summed E-state index contributed by atoms with van der Waals surface area (Å²) in [5, 5.41) is 0.707. The first-order valence-corrected chi connectivity index (χ1v) is 11.2. The molecule has 164 valence electrons. The molecule has 0 spiro atoms. The third kappa shape index (κ3) is 4.98. The first-order chi connectivity index (χ1) is 15.0. The lowest BCUT2D eigenvalue weighted by molar-refractivity contribution is 0.0391. The Balaban J connectivity index is 1.62. The fourth-order valence-electron chi connectivity index (χ4n) is 3.55. The minimum absolute atomic E-state index is 0.0374. The molecule has 0 bridgehead atoms. The Morgan fingerprint density at radius 1 is 1.16 bits per heavy atom. The number of hydrogen-bond acceptors (Lipinski definition) is 7. The van der Waals surface area contributed by atoms with Gasteiger partial charge in [0.2, 0.25) is 0 Å². The maximum atomic E-state index is 13.5. The number of aromatic nitrogens is 1. The largest absolute Gasteiger partial charge is 0.497 e. The van der Waals surface area contributed by atoms with Crippen molar-refractivity contribution >= 4 is 38.3 Å². The van der Waals surface area contributed by atoms with Crippen LogP contribution in [0.1, 0.15) is 10.4 Å². The summed E-state index contributed by atoms with van der Waals surface area (Å²) < 4.78 is 11.8. The zero-order valence-electron chi connectivity index (χ0n) is 18.2. The number of fused-ring (bicyclic) bond motifs is 1. The molecule has 0 radical (unpaired) electrons.